The van der Waals surface area contributed by atoms with Crippen LogP contribution in [0.4, 0.5) is 0 Å². The van der Waals surface area contributed by atoms with Crippen LogP contribution < -0.4 is 0 Å². The number of hydrogen-bond acceptors (Lipinski definition) is 3. The maximum atomic E-state index is 6.74. The quantitative estimate of drug-likeness (QED) is 0.735. The topological polar surface area (TPSA) is 27.7 Å². The summed E-state index contributed by atoms with van der Waals surface area (Å²) < 4.78 is 19.1. The first kappa shape index (κ1) is 16.5. The smallest absolute Gasteiger partial charge is 0.192 e. The van der Waals surface area contributed by atoms with E-state index in [1.807, 2.05) is 0 Å². The average Bonchev–Trinajstić information content (AvgIpc) is 2.78. The largest absolute Gasteiger partial charge is 0.408 e. The molecule has 0 aromatic carbocycles. The molecule has 3 nitrogen and oxygen atoms in total. The van der Waals surface area contributed by atoms with Crippen molar-refractivity contribution in [3.05, 3.63) is 0 Å². The Labute approximate surface area is 125 Å². The van der Waals surface area contributed by atoms with Crippen molar-refractivity contribution in [2.24, 2.45) is 5.92 Å². The standard InChI is InChI=1S/C16H32O3Si/c1-9-11(2)16-10-17-13(12(3)18-16)14(16)19-20(7,8)15(4,5)6/h11-14H,9-10H2,1-8H3/t11-,12-,13-,14-,16+/m0/s1. The van der Waals surface area contributed by atoms with Crippen LogP contribution in [0, 0.1) is 5.92 Å². The van der Waals surface area contributed by atoms with Crippen LogP contribution in [0.25, 0.3) is 0 Å². The highest BCUT2D eigenvalue weighted by molar-refractivity contribution is 6.74. The lowest BCUT2D eigenvalue weighted by Crippen LogP contribution is -2.53. The Balaban J connectivity index is 2.26. The Hall–Kier alpha value is 0.0969. The van der Waals surface area contributed by atoms with E-state index in [9.17, 15) is 0 Å². The van der Waals surface area contributed by atoms with Crippen molar-refractivity contribution < 1.29 is 13.9 Å². The first-order chi connectivity index (χ1) is 9.05. The second-order valence-corrected chi connectivity index (χ2v) is 12.9. The lowest BCUT2D eigenvalue weighted by Gasteiger charge is -2.42. The normalized spacial score (nSPS) is 39.3. The summed E-state index contributed by atoms with van der Waals surface area (Å²) in [6.07, 6.45) is 1.46. The van der Waals surface area contributed by atoms with Gasteiger partial charge in [0.15, 0.2) is 8.32 Å². The predicted octanol–water partition coefficient (Wildman–Crippen LogP) is 3.98. The molecule has 0 unspecified atom stereocenters. The van der Waals surface area contributed by atoms with Gasteiger partial charge in [-0.3, -0.25) is 0 Å². The van der Waals surface area contributed by atoms with Gasteiger partial charge in [0.25, 0.3) is 0 Å². The van der Waals surface area contributed by atoms with Crippen LogP contribution in [0.15, 0.2) is 0 Å². The molecule has 2 fully saturated rings. The average molecular weight is 301 g/mol. The minimum atomic E-state index is -1.81. The zero-order valence-corrected chi connectivity index (χ0v) is 15.4. The van der Waals surface area contributed by atoms with E-state index in [4.69, 9.17) is 13.9 Å². The number of rotatable bonds is 4. The summed E-state index contributed by atoms with van der Waals surface area (Å²) >= 11 is 0. The molecule has 2 aliphatic rings. The van der Waals surface area contributed by atoms with Crippen LogP contribution in [-0.2, 0) is 13.9 Å². The Morgan fingerprint density at radius 1 is 1.35 bits per heavy atom. The minimum absolute atomic E-state index is 0.105. The number of hydrogen-bond donors (Lipinski definition) is 0. The fourth-order valence-electron chi connectivity index (χ4n) is 3.12. The monoisotopic (exact) mass is 300 g/mol. The van der Waals surface area contributed by atoms with E-state index in [-0.39, 0.29) is 29.0 Å². The molecule has 0 N–H and O–H groups in total. The van der Waals surface area contributed by atoms with E-state index in [0.29, 0.717) is 12.5 Å². The third kappa shape index (κ3) is 2.38. The lowest BCUT2D eigenvalue weighted by atomic mass is 9.84. The zero-order valence-electron chi connectivity index (χ0n) is 14.4. The SMILES string of the molecule is CC[C@H](C)[C@@]12CO[C@@H]([C@H](C)O1)[C@@H]2O[Si](C)(C)C(C)(C)C. The van der Waals surface area contributed by atoms with Crippen LogP contribution >= 0.6 is 0 Å². The van der Waals surface area contributed by atoms with E-state index >= 15 is 0 Å². The first-order valence-corrected chi connectivity index (χ1v) is 10.9. The van der Waals surface area contributed by atoms with Gasteiger partial charge in [0.2, 0.25) is 0 Å². The molecule has 2 heterocycles. The minimum Gasteiger partial charge on any atom is -0.408 e. The van der Waals surface area contributed by atoms with Gasteiger partial charge in [-0.25, -0.2) is 0 Å². The van der Waals surface area contributed by atoms with Crippen molar-refractivity contribution in [1.82, 2.24) is 0 Å². The van der Waals surface area contributed by atoms with E-state index in [1.54, 1.807) is 0 Å². The highest BCUT2D eigenvalue weighted by atomic mass is 28.4. The molecule has 2 saturated heterocycles. The molecule has 20 heavy (non-hydrogen) atoms. The van der Waals surface area contributed by atoms with Crippen molar-refractivity contribution >= 4 is 8.32 Å². The third-order valence-corrected chi connectivity index (χ3v) is 10.3. The summed E-state index contributed by atoms with van der Waals surface area (Å²) in [5, 5.41) is 0.217. The summed E-state index contributed by atoms with van der Waals surface area (Å²) in [6.45, 7) is 18.8. The zero-order chi connectivity index (χ0) is 15.3. The van der Waals surface area contributed by atoms with Gasteiger partial charge in [0.1, 0.15) is 17.8 Å². The molecule has 0 saturated carbocycles. The molecule has 0 amide bonds. The van der Waals surface area contributed by atoms with Crippen LogP contribution in [0.5, 0.6) is 0 Å². The summed E-state index contributed by atoms with van der Waals surface area (Å²) in [7, 11) is -1.81. The van der Waals surface area contributed by atoms with Crippen LogP contribution in [0.2, 0.25) is 18.1 Å². The molecule has 0 spiro atoms. The molecule has 4 heteroatoms. The van der Waals surface area contributed by atoms with Crippen molar-refractivity contribution in [3.63, 3.8) is 0 Å². The molecule has 118 valence electrons. The molecule has 0 radical (unpaired) electrons. The van der Waals surface area contributed by atoms with Crippen LogP contribution in [0.1, 0.15) is 48.0 Å². The summed E-state index contributed by atoms with van der Waals surface area (Å²) in [5.74, 6) is 0.465. The summed E-state index contributed by atoms with van der Waals surface area (Å²) in [6, 6.07) is 0. The van der Waals surface area contributed by atoms with E-state index in [1.165, 1.54) is 0 Å². The van der Waals surface area contributed by atoms with E-state index in [0.717, 1.165) is 6.42 Å². The molecule has 2 bridgehead atoms. The van der Waals surface area contributed by atoms with Gasteiger partial charge in [0, 0.05) is 0 Å². The Bertz CT molecular complexity index is 363. The second kappa shape index (κ2) is 5.08. The molecular weight excluding hydrogens is 268 g/mol. The van der Waals surface area contributed by atoms with Gasteiger partial charge in [-0.15, -0.1) is 0 Å². The molecule has 0 aromatic heterocycles. The molecule has 0 aromatic rings. The summed E-state index contributed by atoms with van der Waals surface area (Å²) in [4.78, 5) is 0. The van der Waals surface area contributed by atoms with Gasteiger partial charge in [-0.2, -0.15) is 0 Å². The maximum absolute atomic E-state index is 6.74. The lowest BCUT2D eigenvalue weighted by molar-refractivity contribution is -0.160. The number of fused-ring (bicyclic) bond motifs is 2. The van der Waals surface area contributed by atoms with Crippen molar-refractivity contribution in [1.29, 1.82) is 0 Å². The van der Waals surface area contributed by atoms with Gasteiger partial charge in [-0.05, 0) is 31.0 Å². The summed E-state index contributed by atoms with van der Waals surface area (Å²) in [5.41, 5.74) is -0.228. The predicted molar refractivity (Wildman–Crippen MR) is 84.5 cm³/mol. The molecule has 2 rings (SSSR count). The fourth-order valence-corrected chi connectivity index (χ4v) is 4.44. The van der Waals surface area contributed by atoms with Crippen molar-refractivity contribution in [2.75, 3.05) is 6.61 Å². The van der Waals surface area contributed by atoms with Gasteiger partial charge in [-0.1, -0.05) is 41.0 Å². The highest BCUT2D eigenvalue weighted by Crippen LogP contribution is 2.50. The van der Waals surface area contributed by atoms with Gasteiger partial charge in [0.05, 0.1) is 12.7 Å². The van der Waals surface area contributed by atoms with Crippen LogP contribution in [0.3, 0.4) is 0 Å². The number of ether oxygens (including phenoxy) is 2. The molecule has 2 aliphatic heterocycles. The van der Waals surface area contributed by atoms with Gasteiger partial charge >= 0.3 is 0 Å². The van der Waals surface area contributed by atoms with Crippen molar-refractivity contribution in [3.8, 4) is 0 Å². The molecular formula is C16H32O3Si. The molecule has 0 aliphatic carbocycles. The van der Waals surface area contributed by atoms with Crippen LogP contribution in [-0.4, -0.2) is 38.8 Å². The third-order valence-electron chi connectivity index (χ3n) is 5.82. The maximum Gasteiger partial charge on any atom is 0.192 e. The van der Waals surface area contributed by atoms with Crippen molar-refractivity contribution in [2.45, 2.75) is 90.0 Å². The van der Waals surface area contributed by atoms with E-state index in [2.05, 4.69) is 54.6 Å². The Morgan fingerprint density at radius 2 is 1.95 bits per heavy atom. The van der Waals surface area contributed by atoms with Gasteiger partial charge < -0.3 is 13.9 Å². The second-order valence-electron chi connectivity index (χ2n) is 8.16. The highest BCUT2D eigenvalue weighted by Gasteiger charge is 2.64. The first-order valence-electron chi connectivity index (χ1n) is 8.02. The van der Waals surface area contributed by atoms with E-state index < -0.39 is 8.32 Å². The Kier molecular flexibility index (Phi) is 4.18. The Morgan fingerprint density at radius 3 is 2.40 bits per heavy atom. The fraction of sp³-hybridized carbons (Fsp3) is 1.00. The molecule has 5 atom stereocenters.